The molecule has 0 aromatic heterocycles. The predicted molar refractivity (Wildman–Crippen MR) is 77.8 cm³/mol. The van der Waals surface area contributed by atoms with Crippen molar-refractivity contribution in [3.8, 4) is 0 Å². The Hall–Kier alpha value is -1.30. The number of aliphatic carboxylic acids is 1. The van der Waals surface area contributed by atoms with Gasteiger partial charge in [0.1, 0.15) is 5.54 Å². The minimum Gasteiger partial charge on any atom is -0.480 e. The van der Waals surface area contributed by atoms with Crippen LogP contribution in [0.1, 0.15) is 34.6 Å². The van der Waals surface area contributed by atoms with E-state index in [2.05, 4.69) is 18.7 Å². The van der Waals surface area contributed by atoms with Gasteiger partial charge in [0.15, 0.2) is 0 Å². The largest absolute Gasteiger partial charge is 0.480 e. The van der Waals surface area contributed by atoms with Crippen LogP contribution >= 0.6 is 0 Å². The van der Waals surface area contributed by atoms with E-state index in [-0.39, 0.29) is 6.03 Å². The van der Waals surface area contributed by atoms with Gasteiger partial charge in [-0.25, -0.2) is 9.59 Å². The van der Waals surface area contributed by atoms with Crippen molar-refractivity contribution >= 4 is 12.0 Å². The van der Waals surface area contributed by atoms with E-state index >= 15 is 0 Å². The molecule has 0 aromatic rings. The molecule has 20 heavy (non-hydrogen) atoms. The summed E-state index contributed by atoms with van der Waals surface area (Å²) in [4.78, 5) is 29.5. The van der Waals surface area contributed by atoms with Gasteiger partial charge in [-0.2, -0.15) is 0 Å². The number of rotatable bonds is 4. The van der Waals surface area contributed by atoms with Crippen molar-refractivity contribution in [3.05, 3.63) is 0 Å². The van der Waals surface area contributed by atoms with Gasteiger partial charge in [-0.3, -0.25) is 4.90 Å². The highest BCUT2D eigenvalue weighted by Gasteiger charge is 2.39. The molecule has 1 aliphatic rings. The summed E-state index contributed by atoms with van der Waals surface area (Å²) in [5.41, 5.74) is -1.18. The fourth-order valence-corrected chi connectivity index (χ4v) is 2.69. The second kappa shape index (κ2) is 6.43. The minimum absolute atomic E-state index is 0.178. The zero-order valence-electron chi connectivity index (χ0n) is 13.2. The monoisotopic (exact) mass is 285 g/mol. The van der Waals surface area contributed by atoms with Crippen molar-refractivity contribution in [3.63, 3.8) is 0 Å². The van der Waals surface area contributed by atoms with E-state index in [0.29, 0.717) is 25.7 Å². The predicted octanol–water partition coefficient (Wildman–Crippen LogP) is 1.32. The summed E-state index contributed by atoms with van der Waals surface area (Å²) in [5, 5.41) is 9.30. The Bertz CT molecular complexity index is 371. The van der Waals surface area contributed by atoms with Crippen LogP contribution in [0.5, 0.6) is 0 Å². The van der Waals surface area contributed by atoms with E-state index in [0.717, 1.165) is 13.1 Å². The van der Waals surface area contributed by atoms with Gasteiger partial charge in [0, 0.05) is 32.2 Å². The Kier molecular flexibility index (Phi) is 5.39. The molecule has 116 valence electrons. The van der Waals surface area contributed by atoms with Crippen LogP contribution in [0.15, 0.2) is 0 Å². The van der Waals surface area contributed by atoms with Gasteiger partial charge < -0.3 is 14.9 Å². The topological polar surface area (TPSA) is 64.1 Å². The number of carbonyl (C=O) groups is 2. The van der Waals surface area contributed by atoms with Gasteiger partial charge in [0.2, 0.25) is 0 Å². The summed E-state index contributed by atoms with van der Waals surface area (Å²) < 4.78 is 0. The molecule has 0 aromatic carbocycles. The highest BCUT2D eigenvalue weighted by atomic mass is 16.4. The molecule has 0 aliphatic carbocycles. The first-order valence-corrected chi connectivity index (χ1v) is 7.29. The van der Waals surface area contributed by atoms with Crippen LogP contribution in [0.2, 0.25) is 0 Å². The molecule has 6 nitrogen and oxygen atoms in total. The molecule has 1 atom stereocenters. The van der Waals surface area contributed by atoms with Crippen molar-refractivity contribution in [2.45, 2.75) is 46.2 Å². The van der Waals surface area contributed by atoms with E-state index in [1.165, 1.54) is 4.90 Å². The number of hydrogen-bond donors (Lipinski definition) is 1. The maximum absolute atomic E-state index is 12.6. The van der Waals surface area contributed by atoms with Gasteiger partial charge in [0.05, 0.1) is 0 Å². The molecule has 1 fully saturated rings. The third-order valence-electron chi connectivity index (χ3n) is 4.19. The zero-order chi connectivity index (χ0) is 15.5. The van der Waals surface area contributed by atoms with Crippen molar-refractivity contribution in [1.29, 1.82) is 0 Å². The van der Waals surface area contributed by atoms with Gasteiger partial charge >= 0.3 is 12.0 Å². The molecule has 0 bridgehead atoms. The third-order valence-corrected chi connectivity index (χ3v) is 4.19. The maximum atomic E-state index is 12.6. The lowest BCUT2D eigenvalue weighted by Gasteiger charge is -2.43. The van der Waals surface area contributed by atoms with Crippen molar-refractivity contribution < 1.29 is 14.7 Å². The van der Waals surface area contributed by atoms with Gasteiger partial charge in [-0.15, -0.1) is 0 Å². The van der Waals surface area contributed by atoms with Crippen LogP contribution in [-0.2, 0) is 4.79 Å². The van der Waals surface area contributed by atoms with Crippen LogP contribution in [-0.4, -0.2) is 76.1 Å². The smallest absolute Gasteiger partial charge is 0.329 e. The highest BCUT2D eigenvalue weighted by Crippen LogP contribution is 2.19. The van der Waals surface area contributed by atoms with E-state index < -0.39 is 11.5 Å². The highest BCUT2D eigenvalue weighted by molar-refractivity contribution is 5.85. The van der Waals surface area contributed by atoms with E-state index in [1.807, 2.05) is 6.92 Å². The minimum atomic E-state index is -1.18. The van der Waals surface area contributed by atoms with Crippen LogP contribution in [0.3, 0.4) is 0 Å². The lowest BCUT2D eigenvalue weighted by atomic mass is 10.0. The van der Waals surface area contributed by atoms with E-state index in [1.54, 1.807) is 18.7 Å². The number of hydrogen-bond acceptors (Lipinski definition) is 3. The van der Waals surface area contributed by atoms with E-state index in [9.17, 15) is 14.7 Å². The summed E-state index contributed by atoms with van der Waals surface area (Å²) in [7, 11) is 0. The number of carboxylic acid groups (broad SMARTS) is 1. The molecule has 1 saturated heterocycles. The molecule has 6 heteroatoms. The molecule has 0 spiro atoms. The molecule has 1 heterocycles. The Labute approximate surface area is 121 Å². The average molecular weight is 285 g/mol. The fraction of sp³-hybridized carbons (Fsp3) is 0.857. The molecule has 1 N–H and O–H groups in total. The van der Waals surface area contributed by atoms with Gasteiger partial charge in [-0.1, -0.05) is 6.92 Å². The second-order valence-corrected chi connectivity index (χ2v) is 5.81. The third kappa shape index (κ3) is 3.23. The number of piperazine rings is 1. The Morgan fingerprint density at radius 1 is 1.30 bits per heavy atom. The van der Waals surface area contributed by atoms with Crippen LogP contribution in [0.4, 0.5) is 4.79 Å². The lowest BCUT2D eigenvalue weighted by Crippen LogP contribution is -2.61. The van der Waals surface area contributed by atoms with Crippen LogP contribution in [0.25, 0.3) is 0 Å². The van der Waals surface area contributed by atoms with Crippen molar-refractivity contribution in [2.75, 3.05) is 32.7 Å². The Balaban J connectivity index is 2.81. The molecule has 1 rings (SSSR count). The number of carbonyl (C=O) groups excluding carboxylic acids is 1. The number of likely N-dealkylation sites (N-methyl/N-ethyl adjacent to an activating group) is 2. The molecular formula is C14H27N3O3. The van der Waals surface area contributed by atoms with Crippen LogP contribution in [0, 0.1) is 0 Å². The quantitative estimate of drug-likeness (QED) is 0.846. The average Bonchev–Trinajstić information content (AvgIpc) is 2.38. The second-order valence-electron chi connectivity index (χ2n) is 5.81. The molecular weight excluding hydrogens is 258 g/mol. The number of carboxylic acids is 1. The molecule has 1 unspecified atom stereocenters. The standard InChI is InChI=1S/C14H27N3O3/c1-6-15-8-9-16(10-11(15)3)13(20)17(7-2)14(4,5)12(18)19/h11H,6-10H2,1-5H3,(H,18,19). The van der Waals surface area contributed by atoms with Gasteiger partial charge in [0.25, 0.3) is 0 Å². The molecule has 0 saturated carbocycles. The van der Waals surface area contributed by atoms with Crippen LogP contribution < -0.4 is 0 Å². The maximum Gasteiger partial charge on any atom is 0.329 e. The summed E-state index contributed by atoms with van der Waals surface area (Å²) in [5.74, 6) is -0.979. The first-order valence-electron chi connectivity index (χ1n) is 7.29. The fourth-order valence-electron chi connectivity index (χ4n) is 2.69. The summed E-state index contributed by atoms with van der Waals surface area (Å²) in [6.45, 7) is 12.7. The normalized spacial score (nSPS) is 20.9. The molecule has 1 aliphatic heterocycles. The summed E-state index contributed by atoms with van der Waals surface area (Å²) >= 11 is 0. The molecule has 2 amide bonds. The lowest BCUT2D eigenvalue weighted by molar-refractivity contribution is -0.147. The Morgan fingerprint density at radius 3 is 2.30 bits per heavy atom. The summed E-state index contributed by atoms with van der Waals surface area (Å²) in [6, 6.07) is 0.131. The van der Waals surface area contributed by atoms with Gasteiger partial charge in [-0.05, 0) is 34.2 Å². The molecule has 0 radical (unpaired) electrons. The van der Waals surface area contributed by atoms with E-state index in [4.69, 9.17) is 0 Å². The number of amides is 2. The number of urea groups is 1. The first-order chi connectivity index (χ1) is 9.25. The first kappa shape index (κ1) is 16.8. The Morgan fingerprint density at radius 2 is 1.90 bits per heavy atom. The van der Waals surface area contributed by atoms with Crippen molar-refractivity contribution in [1.82, 2.24) is 14.7 Å². The summed E-state index contributed by atoms with van der Waals surface area (Å²) in [6.07, 6.45) is 0. The SMILES string of the molecule is CCN1CCN(C(=O)N(CC)C(C)(C)C(=O)O)CC1C. The van der Waals surface area contributed by atoms with Crippen molar-refractivity contribution in [2.24, 2.45) is 0 Å². The zero-order valence-corrected chi connectivity index (χ0v) is 13.2. The number of nitrogens with zero attached hydrogens (tertiary/aromatic N) is 3.